The number of hydrogen-bond donors (Lipinski definition) is 0. The van der Waals surface area contributed by atoms with Crippen molar-refractivity contribution in [1.82, 2.24) is 9.88 Å². The minimum absolute atomic E-state index is 0.0599. The maximum atomic E-state index is 12.1. The van der Waals surface area contributed by atoms with E-state index in [9.17, 15) is 4.79 Å². The summed E-state index contributed by atoms with van der Waals surface area (Å²) in [5.74, 6) is 0.717. The van der Waals surface area contributed by atoms with Crippen LogP contribution in [0.5, 0.6) is 5.75 Å². The second kappa shape index (κ2) is 6.81. The summed E-state index contributed by atoms with van der Waals surface area (Å²) in [7, 11) is 0. The van der Waals surface area contributed by atoms with E-state index in [2.05, 4.69) is 16.4 Å². The number of thiophene rings is 1. The SMILES string of the molecule is CC(C)(C)OC(=O)N1CC[C@@H]1COc1cncc(-c2ccsc2)c1. The molecule has 24 heavy (non-hydrogen) atoms. The van der Waals surface area contributed by atoms with Crippen LogP contribution in [-0.2, 0) is 4.74 Å². The number of nitrogens with zero attached hydrogens (tertiary/aromatic N) is 2. The van der Waals surface area contributed by atoms with Crippen LogP contribution < -0.4 is 4.74 Å². The Bertz CT molecular complexity index is 695. The van der Waals surface area contributed by atoms with Gasteiger partial charge in [-0.2, -0.15) is 11.3 Å². The van der Waals surface area contributed by atoms with Gasteiger partial charge in [0, 0.05) is 18.3 Å². The number of likely N-dealkylation sites (tertiary alicyclic amines) is 1. The Balaban J connectivity index is 1.56. The first kappa shape index (κ1) is 16.8. The molecule has 0 radical (unpaired) electrons. The van der Waals surface area contributed by atoms with Crippen molar-refractivity contribution in [2.75, 3.05) is 13.2 Å². The van der Waals surface area contributed by atoms with Crippen molar-refractivity contribution in [3.63, 3.8) is 0 Å². The van der Waals surface area contributed by atoms with Gasteiger partial charge in [0.25, 0.3) is 0 Å². The van der Waals surface area contributed by atoms with E-state index in [0.717, 1.165) is 29.8 Å². The highest BCUT2D eigenvalue weighted by atomic mass is 32.1. The number of carbonyl (C=O) groups is 1. The van der Waals surface area contributed by atoms with E-state index in [1.807, 2.05) is 38.4 Å². The average molecular weight is 346 g/mol. The molecule has 3 rings (SSSR count). The second-order valence-electron chi connectivity index (χ2n) is 6.85. The van der Waals surface area contributed by atoms with Crippen LogP contribution in [0.3, 0.4) is 0 Å². The van der Waals surface area contributed by atoms with Crippen molar-refractivity contribution in [1.29, 1.82) is 0 Å². The van der Waals surface area contributed by atoms with E-state index in [0.29, 0.717) is 6.61 Å². The van der Waals surface area contributed by atoms with Gasteiger partial charge >= 0.3 is 6.09 Å². The molecule has 0 aliphatic carbocycles. The first-order chi connectivity index (χ1) is 11.4. The molecule has 2 aromatic rings. The topological polar surface area (TPSA) is 51.7 Å². The zero-order valence-electron chi connectivity index (χ0n) is 14.2. The maximum Gasteiger partial charge on any atom is 0.410 e. The Morgan fingerprint density at radius 3 is 2.83 bits per heavy atom. The number of ether oxygens (including phenoxy) is 2. The monoisotopic (exact) mass is 346 g/mol. The summed E-state index contributed by atoms with van der Waals surface area (Å²) in [5, 5.41) is 4.12. The van der Waals surface area contributed by atoms with E-state index >= 15 is 0 Å². The third-order valence-corrected chi connectivity index (χ3v) is 4.47. The molecule has 6 heteroatoms. The molecule has 0 bridgehead atoms. The van der Waals surface area contributed by atoms with Gasteiger partial charge in [0.1, 0.15) is 18.0 Å². The smallest absolute Gasteiger partial charge is 0.410 e. The maximum absolute atomic E-state index is 12.1. The van der Waals surface area contributed by atoms with Crippen molar-refractivity contribution < 1.29 is 14.3 Å². The Morgan fingerprint density at radius 1 is 1.38 bits per heavy atom. The molecule has 0 unspecified atom stereocenters. The molecule has 1 saturated heterocycles. The Labute approximate surface area is 146 Å². The van der Waals surface area contributed by atoms with Crippen LogP contribution in [0.25, 0.3) is 11.1 Å². The number of aromatic nitrogens is 1. The highest BCUT2D eigenvalue weighted by Crippen LogP contribution is 2.26. The quantitative estimate of drug-likeness (QED) is 0.832. The summed E-state index contributed by atoms with van der Waals surface area (Å²) in [6.45, 7) is 6.79. The van der Waals surface area contributed by atoms with Crippen molar-refractivity contribution in [3.8, 4) is 16.9 Å². The first-order valence-corrected chi connectivity index (χ1v) is 8.97. The molecule has 1 aliphatic rings. The highest BCUT2D eigenvalue weighted by molar-refractivity contribution is 7.08. The van der Waals surface area contributed by atoms with Crippen molar-refractivity contribution in [3.05, 3.63) is 35.3 Å². The Hall–Kier alpha value is -2.08. The van der Waals surface area contributed by atoms with Gasteiger partial charge in [-0.15, -0.1) is 0 Å². The van der Waals surface area contributed by atoms with Crippen molar-refractivity contribution in [2.24, 2.45) is 0 Å². The van der Waals surface area contributed by atoms with E-state index in [-0.39, 0.29) is 12.1 Å². The van der Waals surface area contributed by atoms with Gasteiger partial charge in [-0.25, -0.2) is 4.79 Å². The van der Waals surface area contributed by atoms with E-state index in [1.165, 1.54) is 0 Å². The molecule has 0 spiro atoms. The van der Waals surface area contributed by atoms with E-state index < -0.39 is 5.60 Å². The van der Waals surface area contributed by atoms with Crippen molar-refractivity contribution >= 4 is 17.4 Å². The molecule has 5 nitrogen and oxygen atoms in total. The molecule has 3 heterocycles. The zero-order valence-corrected chi connectivity index (χ0v) is 15.0. The van der Waals surface area contributed by atoms with Gasteiger partial charge in [-0.3, -0.25) is 4.98 Å². The minimum Gasteiger partial charge on any atom is -0.490 e. The highest BCUT2D eigenvalue weighted by Gasteiger charge is 2.35. The van der Waals surface area contributed by atoms with Crippen LogP contribution >= 0.6 is 11.3 Å². The summed E-state index contributed by atoms with van der Waals surface area (Å²) in [6, 6.07) is 4.09. The van der Waals surface area contributed by atoms with Gasteiger partial charge in [0.05, 0.1) is 12.2 Å². The molecule has 0 aromatic carbocycles. The van der Waals surface area contributed by atoms with Crippen LogP contribution in [0, 0.1) is 0 Å². The standard InChI is InChI=1S/C18H22N2O3S/c1-18(2,3)23-17(21)20-6-4-15(20)11-22-16-8-14(9-19-10-16)13-5-7-24-12-13/h5,7-10,12,15H,4,6,11H2,1-3H3/t15-/m1/s1. The number of rotatable bonds is 4. The van der Waals surface area contributed by atoms with Crippen LogP contribution in [-0.4, -0.2) is 40.8 Å². The zero-order chi connectivity index (χ0) is 17.2. The lowest BCUT2D eigenvalue weighted by Gasteiger charge is -2.40. The fourth-order valence-electron chi connectivity index (χ4n) is 2.45. The molecule has 0 saturated carbocycles. The number of pyridine rings is 1. The van der Waals surface area contributed by atoms with Crippen LogP contribution in [0.15, 0.2) is 35.3 Å². The lowest BCUT2D eigenvalue weighted by atomic mass is 10.1. The predicted octanol–water partition coefficient (Wildman–Crippen LogP) is 4.20. The van der Waals surface area contributed by atoms with Crippen LogP contribution in [0.2, 0.25) is 0 Å². The second-order valence-corrected chi connectivity index (χ2v) is 7.63. The van der Waals surface area contributed by atoms with Gasteiger partial charge in [0.15, 0.2) is 0 Å². The van der Waals surface area contributed by atoms with E-state index in [4.69, 9.17) is 9.47 Å². The summed E-state index contributed by atoms with van der Waals surface area (Å²) >= 11 is 1.65. The molecular weight excluding hydrogens is 324 g/mol. The Kier molecular flexibility index (Phi) is 4.76. The number of hydrogen-bond acceptors (Lipinski definition) is 5. The molecule has 0 N–H and O–H groups in total. The molecule has 1 fully saturated rings. The summed E-state index contributed by atoms with van der Waals surface area (Å²) in [6.07, 6.45) is 4.18. The van der Waals surface area contributed by atoms with Crippen LogP contribution in [0.1, 0.15) is 27.2 Å². The minimum atomic E-state index is -0.475. The van der Waals surface area contributed by atoms with Crippen LogP contribution in [0.4, 0.5) is 4.79 Å². The Morgan fingerprint density at radius 2 is 2.21 bits per heavy atom. The average Bonchev–Trinajstić information content (AvgIpc) is 2.98. The number of amides is 1. The molecule has 2 aromatic heterocycles. The molecule has 128 valence electrons. The van der Waals surface area contributed by atoms with Crippen molar-refractivity contribution in [2.45, 2.75) is 38.8 Å². The predicted molar refractivity (Wildman–Crippen MR) is 94.4 cm³/mol. The summed E-state index contributed by atoms with van der Waals surface area (Å²) < 4.78 is 11.3. The largest absolute Gasteiger partial charge is 0.490 e. The number of carbonyl (C=O) groups excluding carboxylic acids is 1. The first-order valence-electron chi connectivity index (χ1n) is 8.02. The summed E-state index contributed by atoms with van der Waals surface area (Å²) in [4.78, 5) is 18.1. The molecular formula is C18H22N2O3S. The normalized spacial score (nSPS) is 17.3. The van der Waals surface area contributed by atoms with Gasteiger partial charge in [0.2, 0.25) is 0 Å². The fraction of sp³-hybridized carbons (Fsp3) is 0.444. The molecule has 1 aliphatic heterocycles. The fourth-order valence-corrected chi connectivity index (χ4v) is 3.12. The lowest BCUT2D eigenvalue weighted by molar-refractivity contribution is -0.0141. The molecule has 1 atom stereocenters. The third kappa shape index (κ3) is 4.06. The third-order valence-electron chi connectivity index (χ3n) is 3.78. The van der Waals surface area contributed by atoms with Gasteiger partial charge in [-0.05, 0) is 55.6 Å². The van der Waals surface area contributed by atoms with Gasteiger partial charge < -0.3 is 14.4 Å². The lowest BCUT2D eigenvalue weighted by Crippen LogP contribution is -2.55. The van der Waals surface area contributed by atoms with Gasteiger partial charge in [-0.1, -0.05) is 0 Å². The van der Waals surface area contributed by atoms with E-state index in [1.54, 1.807) is 22.4 Å². The molecule has 1 amide bonds. The summed E-state index contributed by atoms with van der Waals surface area (Å²) in [5.41, 5.74) is 1.69.